The summed E-state index contributed by atoms with van der Waals surface area (Å²) in [5, 5.41) is 2.96. The van der Waals surface area contributed by atoms with Gasteiger partial charge in [-0.2, -0.15) is 0 Å². The second kappa shape index (κ2) is 11.7. The number of anilines is 2. The molecule has 1 heterocycles. The van der Waals surface area contributed by atoms with E-state index in [9.17, 15) is 13.2 Å². The Morgan fingerprint density at radius 2 is 1.62 bits per heavy atom. The summed E-state index contributed by atoms with van der Waals surface area (Å²) in [4.78, 5) is 15.6. The summed E-state index contributed by atoms with van der Waals surface area (Å²) in [6.45, 7) is 5.98. The van der Waals surface area contributed by atoms with Crippen LogP contribution >= 0.6 is 0 Å². The molecule has 7 nitrogen and oxygen atoms in total. The van der Waals surface area contributed by atoms with E-state index in [1.165, 1.54) is 37.8 Å². The predicted molar refractivity (Wildman–Crippen MR) is 148 cm³/mol. The normalized spacial score (nSPS) is 15.2. The summed E-state index contributed by atoms with van der Waals surface area (Å²) in [7, 11) is -2.46. The molecule has 3 aromatic rings. The number of nitrogens with one attached hydrogen (secondary N) is 1. The lowest BCUT2D eigenvalue weighted by atomic mass is 9.98. The van der Waals surface area contributed by atoms with E-state index >= 15 is 0 Å². The van der Waals surface area contributed by atoms with Crippen molar-refractivity contribution in [3.05, 3.63) is 84.4 Å². The van der Waals surface area contributed by atoms with E-state index < -0.39 is 10.0 Å². The van der Waals surface area contributed by atoms with Gasteiger partial charge >= 0.3 is 0 Å². The molecule has 1 unspecified atom stereocenters. The summed E-state index contributed by atoms with van der Waals surface area (Å²) in [6, 6.07) is 22.8. The van der Waals surface area contributed by atoms with Gasteiger partial charge in [0, 0.05) is 18.8 Å². The number of hydrogen-bond donors (Lipinski definition) is 1. The van der Waals surface area contributed by atoms with Gasteiger partial charge in [-0.1, -0.05) is 37.3 Å². The van der Waals surface area contributed by atoms with Gasteiger partial charge in [0.05, 0.1) is 23.7 Å². The van der Waals surface area contributed by atoms with Gasteiger partial charge in [-0.15, -0.1) is 0 Å². The van der Waals surface area contributed by atoms with E-state index in [0.29, 0.717) is 11.4 Å². The smallest absolute Gasteiger partial charge is 0.264 e. The first-order valence-electron chi connectivity index (χ1n) is 12.6. The molecule has 0 spiro atoms. The maximum atomic E-state index is 13.5. The zero-order valence-electron chi connectivity index (χ0n) is 21.6. The number of benzene rings is 3. The molecule has 0 bridgehead atoms. The van der Waals surface area contributed by atoms with Crippen molar-refractivity contribution in [2.45, 2.75) is 37.6 Å². The van der Waals surface area contributed by atoms with Crippen LogP contribution in [0.5, 0.6) is 5.75 Å². The minimum absolute atomic E-state index is 0.0840. The first-order chi connectivity index (χ1) is 17.8. The highest BCUT2D eigenvalue weighted by atomic mass is 32.2. The van der Waals surface area contributed by atoms with Gasteiger partial charge in [-0.25, -0.2) is 8.42 Å². The molecular weight excluding hydrogens is 486 g/mol. The number of carbonyl (C=O) groups excluding carboxylic acids is 1. The Hall–Kier alpha value is -3.52. The highest BCUT2D eigenvalue weighted by molar-refractivity contribution is 7.92. The van der Waals surface area contributed by atoms with E-state index in [1.807, 2.05) is 19.1 Å². The number of ether oxygens (including phenoxy) is 1. The molecule has 1 atom stereocenters. The van der Waals surface area contributed by atoms with Crippen molar-refractivity contribution in [2.75, 3.05) is 35.9 Å². The lowest BCUT2D eigenvalue weighted by Crippen LogP contribution is -2.41. The second-order valence-electron chi connectivity index (χ2n) is 9.57. The summed E-state index contributed by atoms with van der Waals surface area (Å²) in [6.07, 6.45) is 2.40. The number of rotatable bonds is 9. The van der Waals surface area contributed by atoms with Crippen LogP contribution in [-0.4, -0.2) is 41.1 Å². The third kappa shape index (κ3) is 6.43. The molecule has 0 saturated carbocycles. The van der Waals surface area contributed by atoms with Crippen LogP contribution in [-0.2, 0) is 14.8 Å². The molecule has 196 valence electrons. The van der Waals surface area contributed by atoms with Crippen LogP contribution in [0.4, 0.5) is 11.4 Å². The summed E-state index contributed by atoms with van der Waals surface area (Å²) < 4.78 is 33.3. The first kappa shape index (κ1) is 26.5. The van der Waals surface area contributed by atoms with E-state index in [1.54, 1.807) is 42.5 Å². The summed E-state index contributed by atoms with van der Waals surface area (Å²) in [5.41, 5.74) is 2.57. The third-order valence-electron chi connectivity index (χ3n) is 6.90. The second-order valence-corrected chi connectivity index (χ2v) is 11.4. The number of hydrogen-bond acceptors (Lipinski definition) is 5. The Bertz CT molecular complexity index is 1270. The maximum absolute atomic E-state index is 13.5. The van der Waals surface area contributed by atoms with E-state index in [-0.39, 0.29) is 23.4 Å². The predicted octanol–water partition coefficient (Wildman–Crippen LogP) is 5.00. The standard InChI is InChI=1S/C29H35N3O4S/c1-22-17-19-31(20-18-22)25-11-9-24(10-12-25)23(2)30-29(33)21-32(26-7-5-4-6-8-26)37(34,35)28-15-13-27(36-3)14-16-28/h4-16,22-23H,17-21H2,1-3H3,(H,30,33). The van der Waals surface area contributed by atoms with Crippen LogP contribution < -0.4 is 19.3 Å². The van der Waals surface area contributed by atoms with Gasteiger partial charge < -0.3 is 15.0 Å². The number of amides is 1. The van der Waals surface area contributed by atoms with Gasteiger partial charge in [-0.05, 0) is 79.8 Å². The number of para-hydroxylation sites is 1. The van der Waals surface area contributed by atoms with Gasteiger partial charge in [0.1, 0.15) is 12.3 Å². The number of carbonyl (C=O) groups is 1. The maximum Gasteiger partial charge on any atom is 0.264 e. The fourth-order valence-corrected chi connectivity index (χ4v) is 5.95. The average Bonchev–Trinajstić information content (AvgIpc) is 2.92. The Balaban J connectivity index is 1.47. The average molecular weight is 522 g/mol. The van der Waals surface area contributed by atoms with Crippen molar-refractivity contribution in [2.24, 2.45) is 5.92 Å². The quantitative estimate of drug-likeness (QED) is 0.429. The van der Waals surface area contributed by atoms with Gasteiger partial charge in [0.15, 0.2) is 0 Å². The third-order valence-corrected chi connectivity index (χ3v) is 8.69. The topological polar surface area (TPSA) is 79.0 Å². The molecular formula is C29H35N3O4S. The molecule has 0 aliphatic carbocycles. The number of nitrogens with zero attached hydrogens (tertiary/aromatic N) is 2. The largest absolute Gasteiger partial charge is 0.497 e. The van der Waals surface area contributed by atoms with Crippen molar-refractivity contribution in [3.63, 3.8) is 0 Å². The van der Waals surface area contributed by atoms with Gasteiger partial charge in [0.2, 0.25) is 5.91 Å². The van der Waals surface area contributed by atoms with Crippen LogP contribution in [0.3, 0.4) is 0 Å². The molecule has 1 saturated heterocycles. The SMILES string of the molecule is COc1ccc(S(=O)(=O)N(CC(=O)NC(C)c2ccc(N3CCC(C)CC3)cc2)c2ccccc2)cc1. The van der Waals surface area contributed by atoms with E-state index in [0.717, 1.165) is 28.9 Å². The molecule has 1 aliphatic rings. The van der Waals surface area contributed by atoms with Crippen molar-refractivity contribution >= 4 is 27.3 Å². The molecule has 0 aromatic heterocycles. The van der Waals surface area contributed by atoms with Crippen molar-refractivity contribution in [1.82, 2.24) is 5.32 Å². The molecule has 1 amide bonds. The van der Waals surface area contributed by atoms with E-state index in [4.69, 9.17) is 4.74 Å². The number of methoxy groups -OCH3 is 1. The van der Waals surface area contributed by atoms with Crippen LogP contribution in [0.15, 0.2) is 83.8 Å². The molecule has 1 fully saturated rings. The monoisotopic (exact) mass is 521 g/mol. The Morgan fingerprint density at radius 3 is 2.22 bits per heavy atom. The Morgan fingerprint density at radius 1 is 1.00 bits per heavy atom. The van der Waals surface area contributed by atoms with E-state index in [2.05, 4.69) is 29.3 Å². The van der Waals surface area contributed by atoms with Crippen LogP contribution in [0.1, 0.15) is 38.3 Å². The molecule has 3 aromatic carbocycles. The van der Waals surface area contributed by atoms with Gasteiger partial charge in [0.25, 0.3) is 10.0 Å². The zero-order chi connectivity index (χ0) is 26.4. The zero-order valence-corrected chi connectivity index (χ0v) is 22.4. The van der Waals surface area contributed by atoms with Crippen molar-refractivity contribution in [1.29, 1.82) is 0 Å². The molecule has 0 radical (unpaired) electrons. The minimum Gasteiger partial charge on any atom is -0.497 e. The molecule has 1 aliphatic heterocycles. The van der Waals surface area contributed by atoms with Crippen molar-refractivity contribution < 1.29 is 17.9 Å². The number of piperidine rings is 1. The van der Waals surface area contributed by atoms with Crippen LogP contribution in [0.2, 0.25) is 0 Å². The van der Waals surface area contributed by atoms with Crippen LogP contribution in [0, 0.1) is 5.92 Å². The summed E-state index contributed by atoms with van der Waals surface area (Å²) in [5.74, 6) is 0.940. The molecule has 8 heteroatoms. The van der Waals surface area contributed by atoms with Crippen LogP contribution in [0.25, 0.3) is 0 Å². The minimum atomic E-state index is -3.99. The highest BCUT2D eigenvalue weighted by Gasteiger charge is 2.28. The summed E-state index contributed by atoms with van der Waals surface area (Å²) >= 11 is 0. The van der Waals surface area contributed by atoms with Crippen molar-refractivity contribution in [3.8, 4) is 5.75 Å². The molecule has 1 N–H and O–H groups in total. The first-order valence-corrected chi connectivity index (χ1v) is 14.1. The lowest BCUT2D eigenvalue weighted by molar-refractivity contribution is -0.120. The fraction of sp³-hybridized carbons (Fsp3) is 0.345. The number of sulfonamides is 1. The lowest BCUT2D eigenvalue weighted by Gasteiger charge is -2.32. The highest BCUT2D eigenvalue weighted by Crippen LogP contribution is 2.26. The Kier molecular flexibility index (Phi) is 8.38. The molecule has 37 heavy (non-hydrogen) atoms. The Labute approximate surface area is 220 Å². The molecule has 4 rings (SSSR count). The van der Waals surface area contributed by atoms with Gasteiger partial charge in [-0.3, -0.25) is 9.10 Å². The fourth-order valence-electron chi connectivity index (χ4n) is 4.53.